The Kier molecular flexibility index (Phi) is 3.06. The highest BCUT2D eigenvalue weighted by atomic mass is 32.2. The van der Waals surface area contributed by atoms with E-state index in [2.05, 4.69) is 37.1 Å². The fraction of sp³-hybridized carbons (Fsp3) is 0.438. The van der Waals surface area contributed by atoms with E-state index in [1.807, 2.05) is 18.8 Å². The van der Waals surface area contributed by atoms with Gasteiger partial charge in [-0.2, -0.15) is 0 Å². The van der Waals surface area contributed by atoms with Crippen LogP contribution in [0.1, 0.15) is 33.1 Å². The molecule has 0 fully saturated rings. The van der Waals surface area contributed by atoms with Gasteiger partial charge in [0.25, 0.3) is 0 Å². The van der Waals surface area contributed by atoms with E-state index in [1.54, 1.807) is 15.4 Å². The van der Waals surface area contributed by atoms with E-state index in [0.29, 0.717) is 5.92 Å². The molecule has 0 aromatic rings. The molecule has 1 atom stereocenters. The monoisotopic (exact) mass is 257 g/mol. The summed E-state index contributed by atoms with van der Waals surface area (Å²) in [6, 6.07) is 0. The van der Waals surface area contributed by atoms with Crippen LogP contribution in [0.5, 0.6) is 0 Å². The lowest BCUT2D eigenvalue weighted by molar-refractivity contribution is 0.747. The predicted octanol–water partition coefficient (Wildman–Crippen LogP) is 4.65. The predicted molar refractivity (Wildman–Crippen MR) is 80.9 cm³/mol. The van der Waals surface area contributed by atoms with Crippen molar-refractivity contribution in [1.29, 1.82) is 0 Å². The van der Waals surface area contributed by atoms with Crippen LogP contribution in [0.4, 0.5) is 0 Å². The van der Waals surface area contributed by atoms with Crippen molar-refractivity contribution >= 4 is 17.5 Å². The Bertz CT molecular complexity index is 543. The standard InChI is InChI=1S/C16H19NS/c1-10-8-16-14(9-13(10)11(2)17-3)12-6-4-5-7-15(12)18-16/h4,6,8,14H,5,7,9H2,1-3H3/b17-11-. The summed E-state index contributed by atoms with van der Waals surface area (Å²) in [5.74, 6) is 0.608. The lowest BCUT2D eigenvalue weighted by atomic mass is 9.82. The summed E-state index contributed by atoms with van der Waals surface area (Å²) in [5, 5.41) is 0. The van der Waals surface area contributed by atoms with Crippen molar-refractivity contribution in [1.82, 2.24) is 0 Å². The first-order valence-corrected chi connectivity index (χ1v) is 7.45. The van der Waals surface area contributed by atoms with Gasteiger partial charge >= 0.3 is 0 Å². The van der Waals surface area contributed by atoms with E-state index in [9.17, 15) is 0 Å². The largest absolute Gasteiger partial charge is 0.293 e. The molecule has 0 aromatic heterocycles. The van der Waals surface area contributed by atoms with Gasteiger partial charge in [0, 0.05) is 18.7 Å². The zero-order chi connectivity index (χ0) is 12.7. The molecule has 0 radical (unpaired) electrons. The molecule has 1 unspecified atom stereocenters. The number of rotatable bonds is 1. The molecule has 0 N–H and O–H groups in total. The summed E-state index contributed by atoms with van der Waals surface area (Å²) in [5.41, 5.74) is 5.62. The van der Waals surface area contributed by atoms with Crippen LogP contribution >= 0.6 is 11.8 Å². The Morgan fingerprint density at radius 2 is 2.28 bits per heavy atom. The van der Waals surface area contributed by atoms with Crippen molar-refractivity contribution in [2.45, 2.75) is 33.1 Å². The second-order valence-corrected chi connectivity index (χ2v) is 6.36. The van der Waals surface area contributed by atoms with Gasteiger partial charge < -0.3 is 0 Å². The van der Waals surface area contributed by atoms with Gasteiger partial charge in [-0.05, 0) is 65.7 Å². The molecule has 0 saturated carbocycles. The third-order valence-electron chi connectivity index (χ3n) is 4.13. The molecule has 1 nitrogen and oxygen atoms in total. The second kappa shape index (κ2) is 4.58. The van der Waals surface area contributed by atoms with Crippen LogP contribution in [0, 0.1) is 5.92 Å². The van der Waals surface area contributed by atoms with Gasteiger partial charge in [-0.1, -0.05) is 23.9 Å². The first kappa shape index (κ1) is 12.0. The average Bonchev–Trinajstić information content (AvgIpc) is 2.74. The summed E-state index contributed by atoms with van der Waals surface area (Å²) >= 11 is 2.02. The number of nitrogens with zero attached hydrogens (tertiary/aromatic N) is 1. The minimum absolute atomic E-state index is 0.608. The number of thioether (sulfide) groups is 1. The van der Waals surface area contributed by atoms with Crippen molar-refractivity contribution in [2.24, 2.45) is 10.9 Å². The summed E-state index contributed by atoms with van der Waals surface area (Å²) in [6.45, 7) is 4.35. The van der Waals surface area contributed by atoms with E-state index in [1.165, 1.54) is 29.7 Å². The van der Waals surface area contributed by atoms with Crippen LogP contribution in [0.2, 0.25) is 0 Å². The number of aliphatic imine (C=N–C) groups is 1. The molecular formula is C16H19NS. The second-order valence-electron chi connectivity index (χ2n) is 5.20. The smallest absolute Gasteiger partial charge is 0.0348 e. The first-order valence-electron chi connectivity index (χ1n) is 6.63. The molecule has 1 heterocycles. The van der Waals surface area contributed by atoms with Gasteiger partial charge in [0.2, 0.25) is 0 Å². The molecule has 94 valence electrons. The van der Waals surface area contributed by atoms with Crippen LogP contribution < -0.4 is 0 Å². The zero-order valence-electron chi connectivity index (χ0n) is 11.3. The van der Waals surface area contributed by atoms with Crippen molar-refractivity contribution in [3.8, 4) is 0 Å². The Labute approximate surface area is 113 Å². The third-order valence-corrected chi connectivity index (χ3v) is 5.46. The van der Waals surface area contributed by atoms with Gasteiger partial charge in [0.15, 0.2) is 0 Å². The van der Waals surface area contributed by atoms with Crippen molar-refractivity contribution in [2.75, 3.05) is 7.05 Å². The summed E-state index contributed by atoms with van der Waals surface area (Å²) < 4.78 is 0. The normalized spacial score (nSPS) is 27.4. The molecule has 2 aliphatic carbocycles. The molecule has 2 heteroatoms. The molecular weight excluding hydrogens is 238 g/mol. The lowest BCUT2D eigenvalue weighted by Gasteiger charge is -2.23. The maximum absolute atomic E-state index is 4.37. The van der Waals surface area contributed by atoms with Crippen LogP contribution in [-0.2, 0) is 0 Å². The van der Waals surface area contributed by atoms with Gasteiger partial charge in [0.1, 0.15) is 0 Å². The summed E-state index contributed by atoms with van der Waals surface area (Å²) in [6.07, 6.45) is 10.6. The highest BCUT2D eigenvalue weighted by Crippen LogP contribution is 2.53. The average molecular weight is 257 g/mol. The van der Waals surface area contributed by atoms with Crippen LogP contribution in [0.3, 0.4) is 0 Å². The van der Waals surface area contributed by atoms with Crippen LogP contribution in [0.15, 0.2) is 49.8 Å². The molecule has 3 aliphatic rings. The fourth-order valence-corrected chi connectivity index (χ4v) is 4.44. The molecule has 0 bridgehead atoms. The summed E-state index contributed by atoms with van der Waals surface area (Å²) in [7, 11) is 1.89. The first-order chi connectivity index (χ1) is 8.70. The SMILES string of the molecule is C/N=C(/C)C1=C(C)C=C2SC3=C(C=CCC3)C2C1. The highest BCUT2D eigenvalue weighted by Gasteiger charge is 2.33. The maximum atomic E-state index is 4.37. The number of fused-ring (bicyclic) bond motifs is 2. The van der Waals surface area contributed by atoms with Crippen molar-refractivity contribution in [3.05, 3.63) is 44.8 Å². The molecule has 3 rings (SSSR count). The molecule has 0 amide bonds. The Morgan fingerprint density at radius 1 is 1.44 bits per heavy atom. The van der Waals surface area contributed by atoms with Crippen LogP contribution in [-0.4, -0.2) is 12.8 Å². The number of hydrogen-bond donors (Lipinski definition) is 0. The minimum Gasteiger partial charge on any atom is -0.293 e. The lowest BCUT2D eigenvalue weighted by Crippen LogP contribution is -2.13. The van der Waals surface area contributed by atoms with E-state index in [-0.39, 0.29) is 0 Å². The quantitative estimate of drug-likeness (QED) is 0.623. The topological polar surface area (TPSA) is 12.4 Å². The molecule has 18 heavy (non-hydrogen) atoms. The fourth-order valence-electron chi connectivity index (χ4n) is 3.02. The van der Waals surface area contributed by atoms with E-state index >= 15 is 0 Å². The Morgan fingerprint density at radius 3 is 3.06 bits per heavy atom. The third kappa shape index (κ3) is 1.83. The van der Waals surface area contributed by atoms with Gasteiger partial charge in [-0.25, -0.2) is 0 Å². The van der Waals surface area contributed by atoms with E-state index in [0.717, 1.165) is 6.42 Å². The van der Waals surface area contributed by atoms with E-state index in [4.69, 9.17) is 0 Å². The van der Waals surface area contributed by atoms with Crippen molar-refractivity contribution < 1.29 is 0 Å². The molecule has 0 saturated heterocycles. The Hall–Kier alpha value is -1.02. The number of allylic oxidation sites excluding steroid dienone is 8. The molecule has 0 aromatic carbocycles. The molecule has 0 spiro atoms. The van der Waals surface area contributed by atoms with E-state index < -0.39 is 0 Å². The Balaban J connectivity index is 1.98. The minimum atomic E-state index is 0.608. The van der Waals surface area contributed by atoms with Gasteiger partial charge in [-0.3, -0.25) is 4.99 Å². The van der Waals surface area contributed by atoms with Gasteiger partial charge in [-0.15, -0.1) is 0 Å². The van der Waals surface area contributed by atoms with Crippen molar-refractivity contribution in [3.63, 3.8) is 0 Å². The van der Waals surface area contributed by atoms with Gasteiger partial charge in [0.05, 0.1) is 0 Å². The maximum Gasteiger partial charge on any atom is 0.0348 e. The number of hydrogen-bond acceptors (Lipinski definition) is 2. The van der Waals surface area contributed by atoms with Crippen LogP contribution in [0.25, 0.3) is 0 Å². The zero-order valence-corrected chi connectivity index (χ0v) is 12.1. The summed E-state index contributed by atoms with van der Waals surface area (Å²) in [4.78, 5) is 7.53. The highest BCUT2D eigenvalue weighted by molar-refractivity contribution is 8.07. The molecule has 1 aliphatic heterocycles.